The molecule has 1 amide bonds. The molecule has 3 heteroatoms. The maximum absolute atomic E-state index is 12.0. The lowest BCUT2D eigenvalue weighted by molar-refractivity contribution is -0.124. The van der Waals surface area contributed by atoms with Crippen LogP contribution in [-0.2, 0) is 4.79 Å². The van der Waals surface area contributed by atoms with E-state index in [2.05, 4.69) is 17.6 Å². The molecular formula is C16H32N2O. The Bertz CT molecular complexity index is 275. The maximum atomic E-state index is 12.0. The number of amides is 1. The second-order valence-electron chi connectivity index (χ2n) is 7.13. The van der Waals surface area contributed by atoms with Gasteiger partial charge in [-0.25, -0.2) is 0 Å². The van der Waals surface area contributed by atoms with Crippen molar-refractivity contribution in [2.45, 2.75) is 90.8 Å². The summed E-state index contributed by atoms with van der Waals surface area (Å²) in [7, 11) is 0. The van der Waals surface area contributed by atoms with Crippen molar-refractivity contribution in [3.05, 3.63) is 0 Å². The number of nitrogens with one attached hydrogen (secondary N) is 2. The molecule has 0 aliphatic heterocycles. The molecule has 0 aromatic heterocycles. The van der Waals surface area contributed by atoms with Crippen molar-refractivity contribution in [1.29, 1.82) is 0 Å². The van der Waals surface area contributed by atoms with E-state index < -0.39 is 0 Å². The Morgan fingerprint density at radius 1 is 1.21 bits per heavy atom. The smallest absolute Gasteiger partial charge is 0.237 e. The highest BCUT2D eigenvalue weighted by atomic mass is 16.2. The van der Waals surface area contributed by atoms with Gasteiger partial charge < -0.3 is 10.6 Å². The summed E-state index contributed by atoms with van der Waals surface area (Å²) in [5, 5.41) is 6.53. The first kappa shape index (κ1) is 16.5. The van der Waals surface area contributed by atoms with Gasteiger partial charge in [-0.05, 0) is 59.3 Å². The van der Waals surface area contributed by atoms with E-state index in [0.29, 0.717) is 6.04 Å². The van der Waals surface area contributed by atoms with E-state index in [0.717, 1.165) is 5.92 Å². The Kier molecular flexibility index (Phi) is 6.31. The molecule has 0 bridgehead atoms. The van der Waals surface area contributed by atoms with Gasteiger partial charge in [-0.2, -0.15) is 0 Å². The molecule has 0 heterocycles. The molecule has 0 saturated heterocycles. The zero-order valence-electron chi connectivity index (χ0n) is 13.4. The molecule has 3 nitrogen and oxygen atoms in total. The summed E-state index contributed by atoms with van der Waals surface area (Å²) in [5.41, 5.74) is -0.147. The van der Waals surface area contributed by atoms with Gasteiger partial charge in [-0.15, -0.1) is 0 Å². The van der Waals surface area contributed by atoms with E-state index >= 15 is 0 Å². The minimum absolute atomic E-state index is 0.0908. The van der Waals surface area contributed by atoms with E-state index in [1.807, 2.05) is 27.7 Å². The number of carbonyl (C=O) groups is 1. The standard InChI is InChI=1S/C16H32N2O/c1-6-7-13-8-10-14(11-9-13)17-12(2)15(19)18-16(3,4)5/h12-14,17H,6-11H2,1-5H3,(H,18,19). The van der Waals surface area contributed by atoms with E-state index in [1.54, 1.807) is 0 Å². The fraction of sp³-hybridized carbons (Fsp3) is 0.938. The highest BCUT2D eigenvalue weighted by Crippen LogP contribution is 2.27. The maximum Gasteiger partial charge on any atom is 0.237 e. The summed E-state index contributed by atoms with van der Waals surface area (Å²) in [6.07, 6.45) is 7.74. The predicted molar refractivity (Wildman–Crippen MR) is 81.1 cm³/mol. The second kappa shape index (κ2) is 7.28. The molecule has 0 aromatic carbocycles. The molecule has 1 rings (SSSR count). The van der Waals surface area contributed by atoms with Crippen molar-refractivity contribution < 1.29 is 4.79 Å². The molecule has 2 N–H and O–H groups in total. The summed E-state index contributed by atoms with van der Waals surface area (Å²) in [6.45, 7) is 10.3. The normalized spacial score (nSPS) is 25.9. The van der Waals surface area contributed by atoms with Gasteiger partial charge in [0.25, 0.3) is 0 Å². The topological polar surface area (TPSA) is 41.1 Å². The molecule has 0 radical (unpaired) electrons. The third-order valence-corrected chi connectivity index (χ3v) is 3.92. The third kappa shape index (κ3) is 6.42. The van der Waals surface area contributed by atoms with Gasteiger partial charge >= 0.3 is 0 Å². The van der Waals surface area contributed by atoms with Crippen LogP contribution < -0.4 is 10.6 Å². The van der Waals surface area contributed by atoms with Crippen LogP contribution in [0.4, 0.5) is 0 Å². The quantitative estimate of drug-likeness (QED) is 0.803. The van der Waals surface area contributed by atoms with Gasteiger partial charge in [0.05, 0.1) is 6.04 Å². The first-order valence-electron chi connectivity index (χ1n) is 7.90. The second-order valence-corrected chi connectivity index (χ2v) is 7.13. The van der Waals surface area contributed by atoms with Crippen LogP contribution in [0.1, 0.15) is 73.1 Å². The average Bonchev–Trinajstić information content (AvgIpc) is 2.29. The van der Waals surface area contributed by atoms with Crippen molar-refractivity contribution in [2.75, 3.05) is 0 Å². The van der Waals surface area contributed by atoms with Crippen molar-refractivity contribution in [2.24, 2.45) is 5.92 Å². The van der Waals surface area contributed by atoms with Gasteiger partial charge in [0.2, 0.25) is 5.91 Å². The Labute approximate surface area is 118 Å². The fourth-order valence-corrected chi connectivity index (χ4v) is 2.93. The van der Waals surface area contributed by atoms with Crippen LogP contribution in [0, 0.1) is 5.92 Å². The number of hydrogen-bond donors (Lipinski definition) is 2. The van der Waals surface area contributed by atoms with Crippen LogP contribution in [0.15, 0.2) is 0 Å². The van der Waals surface area contributed by atoms with E-state index in [9.17, 15) is 4.79 Å². The molecule has 0 spiro atoms. The summed E-state index contributed by atoms with van der Waals surface area (Å²) in [6, 6.07) is 0.431. The van der Waals surface area contributed by atoms with Gasteiger partial charge in [-0.3, -0.25) is 4.79 Å². The predicted octanol–water partition coefficient (Wildman–Crippen LogP) is 3.24. The fourth-order valence-electron chi connectivity index (χ4n) is 2.93. The van der Waals surface area contributed by atoms with Gasteiger partial charge in [0.15, 0.2) is 0 Å². The lowest BCUT2D eigenvalue weighted by Crippen LogP contribution is -2.52. The van der Waals surface area contributed by atoms with Crippen molar-refractivity contribution >= 4 is 5.91 Å². The first-order valence-corrected chi connectivity index (χ1v) is 7.90. The van der Waals surface area contributed by atoms with E-state index in [1.165, 1.54) is 38.5 Å². The Morgan fingerprint density at radius 3 is 2.26 bits per heavy atom. The molecule has 1 fully saturated rings. The molecule has 1 unspecified atom stereocenters. The lowest BCUT2D eigenvalue weighted by Gasteiger charge is -2.32. The van der Waals surface area contributed by atoms with Crippen molar-refractivity contribution in [1.82, 2.24) is 10.6 Å². The van der Waals surface area contributed by atoms with Crippen LogP contribution in [0.3, 0.4) is 0 Å². The van der Waals surface area contributed by atoms with E-state index in [-0.39, 0.29) is 17.5 Å². The van der Waals surface area contributed by atoms with Crippen LogP contribution in [0.25, 0.3) is 0 Å². The summed E-state index contributed by atoms with van der Waals surface area (Å²) in [4.78, 5) is 12.0. The Hall–Kier alpha value is -0.570. The highest BCUT2D eigenvalue weighted by molar-refractivity contribution is 5.81. The zero-order valence-corrected chi connectivity index (χ0v) is 13.4. The first-order chi connectivity index (χ1) is 8.81. The third-order valence-electron chi connectivity index (χ3n) is 3.92. The van der Waals surface area contributed by atoms with Gasteiger partial charge in [0, 0.05) is 11.6 Å². The van der Waals surface area contributed by atoms with Gasteiger partial charge in [-0.1, -0.05) is 19.8 Å². The molecule has 0 aromatic rings. The minimum Gasteiger partial charge on any atom is -0.350 e. The van der Waals surface area contributed by atoms with E-state index in [4.69, 9.17) is 0 Å². The monoisotopic (exact) mass is 268 g/mol. The van der Waals surface area contributed by atoms with Crippen LogP contribution in [0.5, 0.6) is 0 Å². The molecular weight excluding hydrogens is 236 g/mol. The largest absolute Gasteiger partial charge is 0.350 e. The zero-order chi connectivity index (χ0) is 14.5. The average molecular weight is 268 g/mol. The van der Waals surface area contributed by atoms with Crippen molar-refractivity contribution in [3.63, 3.8) is 0 Å². The number of carbonyl (C=O) groups excluding carboxylic acids is 1. The summed E-state index contributed by atoms with van der Waals surface area (Å²) in [5.74, 6) is 1.03. The molecule has 1 atom stereocenters. The van der Waals surface area contributed by atoms with Crippen molar-refractivity contribution in [3.8, 4) is 0 Å². The minimum atomic E-state index is -0.147. The Morgan fingerprint density at radius 2 is 1.79 bits per heavy atom. The van der Waals surface area contributed by atoms with Crippen LogP contribution in [0.2, 0.25) is 0 Å². The molecule has 1 aliphatic carbocycles. The molecule has 1 aliphatic rings. The van der Waals surface area contributed by atoms with Gasteiger partial charge in [0.1, 0.15) is 0 Å². The Balaban J connectivity index is 2.30. The summed E-state index contributed by atoms with van der Waals surface area (Å²) >= 11 is 0. The SMILES string of the molecule is CCCC1CCC(NC(C)C(=O)NC(C)(C)C)CC1. The number of rotatable bonds is 5. The highest BCUT2D eigenvalue weighted by Gasteiger charge is 2.25. The van der Waals surface area contributed by atoms with Crippen LogP contribution in [-0.4, -0.2) is 23.5 Å². The summed E-state index contributed by atoms with van der Waals surface area (Å²) < 4.78 is 0. The molecule has 112 valence electrons. The van der Waals surface area contributed by atoms with Crippen LogP contribution >= 0.6 is 0 Å². The molecule has 1 saturated carbocycles. The number of hydrogen-bond acceptors (Lipinski definition) is 2. The lowest BCUT2D eigenvalue weighted by atomic mass is 9.83. The molecule has 19 heavy (non-hydrogen) atoms.